The van der Waals surface area contributed by atoms with Crippen LogP contribution in [0.25, 0.3) is 10.8 Å². The van der Waals surface area contributed by atoms with Gasteiger partial charge in [0.1, 0.15) is 0 Å². The molecule has 1 aromatic carbocycles. The molecule has 0 saturated heterocycles. The maximum absolute atomic E-state index is 12.6. The van der Waals surface area contributed by atoms with Crippen molar-refractivity contribution in [3.63, 3.8) is 0 Å². The van der Waals surface area contributed by atoms with Gasteiger partial charge in [0.05, 0.1) is 5.39 Å². The Labute approximate surface area is 142 Å². The van der Waals surface area contributed by atoms with Crippen LogP contribution in [0.1, 0.15) is 49.5 Å². The smallest absolute Gasteiger partial charge is 0.274 e. The highest BCUT2D eigenvalue weighted by Gasteiger charge is 2.16. The van der Waals surface area contributed by atoms with Gasteiger partial charge in [0, 0.05) is 18.5 Å². The van der Waals surface area contributed by atoms with Crippen LogP contribution in [0, 0.1) is 0 Å². The lowest BCUT2D eigenvalue weighted by molar-refractivity contribution is 0.0947. The summed E-state index contributed by atoms with van der Waals surface area (Å²) in [5, 5.41) is 8.35. The van der Waals surface area contributed by atoms with Gasteiger partial charge < -0.3 is 11.1 Å². The molecule has 0 aliphatic carbocycles. The normalized spacial score (nSPS) is 10.9. The Bertz CT molecular complexity index is 739. The number of fused-ring (bicyclic) bond motifs is 1. The van der Waals surface area contributed by atoms with Crippen LogP contribution < -0.4 is 16.6 Å². The Hall–Kier alpha value is -2.21. The van der Waals surface area contributed by atoms with Crippen molar-refractivity contribution in [1.29, 1.82) is 0 Å². The third-order valence-corrected chi connectivity index (χ3v) is 3.97. The van der Waals surface area contributed by atoms with E-state index >= 15 is 0 Å². The van der Waals surface area contributed by atoms with Crippen LogP contribution in [0.15, 0.2) is 29.1 Å². The molecule has 0 bridgehead atoms. The van der Waals surface area contributed by atoms with Gasteiger partial charge in [0.25, 0.3) is 11.5 Å². The van der Waals surface area contributed by atoms with E-state index in [0.717, 1.165) is 32.1 Å². The summed E-state index contributed by atoms with van der Waals surface area (Å²) in [7, 11) is 0. The van der Waals surface area contributed by atoms with Crippen molar-refractivity contribution in [2.24, 2.45) is 5.73 Å². The molecule has 24 heavy (non-hydrogen) atoms. The Morgan fingerprint density at radius 1 is 1.17 bits per heavy atom. The lowest BCUT2D eigenvalue weighted by Gasteiger charge is -2.11. The molecule has 0 fully saturated rings. The first kappa shape index (κ1) is 18.1. The molecule has 2 aromatic rings. The van der Waals surface area contributed by atoms with E-state index in [2.05, 4.69) is 17.3 Å². The summed E-state index contributed by atoms with van der Waals surface area (Å²) in [6.07, 6.45) is 4.67. The average Bonchev–Trinajstić information content (AvgIpc) is 2.61. The summed E-state index contributed by atoms with van der Waals surface area (Å²) in [5.41, 5.74) is 5.64. The minimum Gasteiger partial charge on any atom is -0.351 e. The largest absolute Gasteiger partial charge is 0.351 e. The number of carbonyl (C=O) groups is 1. The van der Waals surface area contributed by atoms with Gasteiger partial charge in [-0.05, 0) is 31.9 Å². The molecular formula is C18H26N4O2. The minimum absolute atomic E-state index is 0.138. The highest BCUT2D eigenvalue weighted by atomic mass is 16.2. The fraction of sp³-hybridized carbons (Fsp3) is 0.500. The lowest BCUT2D eigenvalue weighted by Crippen LogP contribution is -2.31. The number of nitrogens with one attached hydrogen (secondary N) is 1. The summed E-state index contributed by atoms with van der Waals surface area (Å²) >= 11 is 0. The maximum Gasteiger partial charge on any atom is 0.274 e. The number of hydrogen-bond donors (Lipinski definition) is 2. The number of nitrogens with zero attached hydrogens (tertiary/aromatic N) is 2. The van der Waals surface area contributed by atoms with E-state index in [9.17, 15) is 9.59 Å². The fourth-order valence-electron chi connectivity index (χ4n) is 2.62. The van der Waals surface area contributed by atoms with Crippen molar-refractivity contribution in [3.05, 3.63) is 40.3 Å². The molecule has 1 heterocycles. The van der Waals surface area contributed by atoms with E-state index in [-0.39, 0.29) is 11.5 Å². The van der Waals surface area contributed by atoms with Crippen LogP contribution >= 0.6 is 0 Å². The first-order valence-electron chi connectivity index (χ1n) is 8.67. The number of amides is 1. The molecule has 0 aliphatic rings. The summed E-state index contributed by atoms with van der Waals surface area (Å²) in [6.45, 7) is 3.81. The molecule has 6 heteroatoms. The number of carbonyl (C=O) groups excluding carboxylic acids is 1. The molecule has 6 nitrogen and oxygen atoms in total. The Morgan fingerprint density at radius 3 is 2.62 bits per heavy atom. The third-order valence-electron chi connectivity index (χ3n) is 3.97. The molecule has 2 rings (SSSR count). The standard InChI is InChI=1S/C18H26N4O2/c1-2-3-8-13-22-18(24)15-10-5-4-9-14(15)16(21-22)17(23)20-12-7-6-11-19/h4-5,9-10H,2-3,6-8,11-13,19H2,1H3,(H,20,23). The highest BCUT2D eigenvalue weighted by molar-refractivity contribution is 6.04. The van der Waals surface area contributed by atoms with Gasteiger partial charge in [-0.1, -0.05) is 38.0 Å². The molecule has 1 aromatic heterocycles. The summed E-state index contributed by atoms with van der Waals surface area (Å²) in [5.74, 6) is -0.243. The zero-order valence-electron chi connectivity index (χ0n) is 14.3. The van der Waals surface area contributed by atoms with Crippen LogP contribution in [0.3, 0.4) is 0 Å². The van der Waals surface area contributed by atoms with Crippen molar-refractivity contribution in [2.45, 2.75) is 45.6 Å². The van der Waals surface area contributed by atoms with Gasteiger partial charge in [-0.25, -0.2) is 4.68 Å². The van der Waals surface area contributed by atoms with Crippen LogP contribution in [0.5, 0.6) is 0 Å². The molecule has 0 atom stereocenters. The first-order valence-corrected chi connectivity index (χ1v) is 8.67. The van der Waals surface area contributed by atoms with Gasteiger partial charge >= 0.3 is 0 Å². The fourth-order valence-corrected chi connectivity index (χ4v) is 2.62. The van der Waals surface area contributed by atoms with E-state index in [4.69, 9.17) is 5.73 Å². The van der Waals surface area contributed by atoms with Crippen LogP contribution in [-0.4, -0.2) is 28.8 Å². The Kier molecular flexibility index (Phi) is 6.93. The summed E-state index contributed by atoms with van der Waals surface area (Å²) < 4.78 is 1.42. The number of nitrogens with two attached hydrogens (primary N) is 1. The molecular weight excluding hydrogens is 304 g/mol. The Balaban J connectivity index is 2.31. The number of rotatable bonds is 9. The third kappa shape index (κ3) is 4.41. The SMILES string of the molecule is CCCCCn1nc(C(=O)NCCCCN)c2ccccc2c1=O. The monoisotopic (exact) mass is 330 g/mol. The molecule has 0 unspecified atom stereocenters. The summed E-state index contributed by atoms with van der Waals surface area (Å²) in [4.78, 5) is 25.0. The van der Waals surface area contributed by atoms with Crippen molar-refractivity contribution in [3.8, 4) is 0 Å². The number of unbranched alkanes of at least 4 members (excludes halogenated alkanes) is 3. The molecule has 0 saturated carbocycles. The second-order valence-corrected chi connectivity index (χ2v) is 5.88. The van der Waals surface area contributed by atoms with E-state index in [1.165, 1.54) is 4.68 Å². The first-order chi connectivity index (χ1) is 11.7. The predicted molar refractivity (Wildman–Crippen MR) is 96.1 cm³/mol. The Morgan fingerprint density at radius 2 is 1.92 bits per heavy atom. The van der Waals surface area contributed by atoms with E-state index in [1.54, 1.807) is 12.1 Å². The molecule has 1 amide bonds. The number of aromatic nitrogens is 2. The lowest BCUT2D eigenvalue weighted by atomic mass is 10.1. The van der Waals surface area contributed by atoms with Gasteiger partial charge in [-0.2, -0.15) is 5.10 Å². The zero-order chi connectivity index (χ0) is 17.4. The quantitative estimate of drug-likeness (QED) is 0.689. The van der Waals surface area contributed by atoms with E-state index in [1.807, 2.05) is 12.1 Å². The van der Waals surface area contributed by atoms with Gasteiger partial charge in [0.2, 0.25) is 0 Å². The van der Waals surface area contributed by atoms with E-state index < -0.39 is 0 Å². The maximum atomic E-state index is 12.6. The van der Waals surface area contributed by atoms with E-state index in [0.29, 0.717) is 36.1 Å². The topological polar surface area (TPSA) is 90.0 Å². The number of hydrogen-bond acceptors (Lipinski definition) is 4. The van der Waals surface area contributed by atoms with Crippen LogP contribution in [0.4, 0.5) is 0 Å². The molecule has 0 spiro atoms. The van der Waals surface area contributed by atoms with Crippen molar-refractivity contribution < 1.29 is 4.79 Å². The zero-order valence-corrected chi connectivity index (χ0v) is 14.3. The second kappa shape index (κ2) is 9.17. The van der Waals surface area contributed by atoms with Gasteiger partial charge in [-0.3, -0.25) is 9.59 Å². The molecule has 0 aliphatic heterocycles. The van der Waals surface area contributed by atoms with Gasteiger partial charge in [-0.15, -0.1) is 0 Å². The van der Waals surface area contributed by atoms with Gasteiger partial charge in [0.15, 0.2) is 5.69 Å². The average molecular weight is 330 g/mol. The second-order valence-electron chi connectivity index (χ2n) is 5.88. The van der Waals surface area contributed by atoms with Crippen LogP contribution in [0.2, 0.25) is 0 Å². The summed E-state index contributed by atoms with van der Waals surface area (Å²) in [6, 6.07) is 7.15. The number of benzene rings is 1. The number of aryl methyl sites for hydroxylation is 1. The minimum atomic E-state index is -0.243. The van der Waals surface area contributed by atoms with Crippen molar-refractivity contribution >= 4 is 16.7 Å². The molecule has 0 radical (unpaired) electrons. The van der Waals surface area contributed by atoms with Crippen molar-refractivity contribution in [1.82, 2.24) is 15.1 Å². The molecule has 130 valence electrons. The van der Waals surface area contributed by atoms with Crippen molar-refractivity contribution in [2.75, 3.05) is 13.1 Å². The van der Waals surface area contributed by atoms with Crippen LogP contribution in [-0.2, 0) is 6.54 Å². The predicted octanol–water partition coefficient (Wildman–Crippen LogP) is 2.06. The molecule has 3 N–H and O–H groups in total. The highest BCUT2D eigenvalue weighted by Crippen LogP contribution is 2.13.